The number of nitrogens with one attached hydrogen (secondary N) is 2. The van der Waals surface area contributed by atoms with Gasteiger partial charge in [0.1, 0.15) is 0 Å². The maximum atomic E-state index is 12.0. The van der Waals surface area contributed by atoms with Gasteiger partial charge in [0.05, 0.1) is 23.4 Å². The van der Waals surface area contributed by atoms with Crippen LogP contribution >= 0.6 is 0 Å². The molecule has 7 heteroatoms. The predicted molar refractivity (Wildman–Crippen MR) is 69.6 cm³/mol. The molecule has 0 radical (unpaired) electrons. The number of hydrogen-bond donors (Lipinski definition) is 2. The second kappa shape index (κ2) is 6.31. The highest BCUT2D eigenvalue weighted by Gasteiger charge is 2.20. The minimum absolute atomic E-state index is 0.0601. The molecule has 0 saturated carbocycles. The van der Waals surface area contributed by atoms with Crippen molar-refractivity contribution in [2.24, 2.45) is 0 Å². The SMILES string of the molecule is CNC(=O)C(C)NS(=O)(=O)c1ccc(CC#N)cc1. The van der Waals surface area contributed by atoms with Crippen LogP contribution in [0.3, 0.4) is 0 Å². The Bertz CT molecular complexity index is 588. The van der Waals surface area contributed by atoms with Crippen LogP contribution in [0.2, 0.25) is 0 Å². The molecule has 0 aromatic heterocycles. The Hall–Kier alpha value is -1.91. The van der Waals surface area contributed by atoms with Crippen LogP contribution in [0.1, 0.15) is 12.5 Å². The molecule has 19 heavy (non-hydrogen) atoms. The molecule has 0 aliphatic carbocycles. The molecule has 0 aliphatic heterocycles. The van der Waals surface area contributed by atoms with Crippen LogP contribution < -0.4 is 10.0 Å². The topological polar surface area (TPSA) is 99.1 Å². The minimum Gasteiger partial charge on any atom is -0.358 e. The largest absolute Gasteiger partial charge is 0.358 e. The average Bonchev–Trinajstić information content (AvgIpc) is 2.38. The van der Waals surface area contributed by atoms with Crippen molar-refractivity contribution in [1.82, 2.24) is 10.0 Å². The molecule has 1 atom stereocenters. The van der Waals surface area contributed by atoms with Crippen molar-refractivity contribution in [2.45, 2.75) is 24.3 Å². The van der Waals surface area contributed by atoms with Gasteiger partial charge in [-0.1, -0.05) is 12.1 Å². The van der Waals surface area contributed by atoms with E-state index in [4.69, 9.17) is 5.26 Å². The Morgan fingerprint density at radius 2 is 1.95 bits per heavy atom. The maximum Gasteiger partial charge on any atom is 0.241 e. The van der Waals surface area contributed by atoms with Crippen LogP contribution in [-0.4, -0.2) is 27.4 Å². The van der Waals surface area contributed by atoms with Crippen LogP contribution in [0.25, 0.3) is 0 Å². The quantitative estimate of drug-likeness (QED) is 0.803. The van der Waals surface area contributed by atoms with E-state index in [0.717, 1.165) is 5.56 Å². The summed E-state index contributed by atoms with van der Waals surface area (Å²) in [6.45, 7) is 1.46. The summed E-state index contributed by atoms with van der Waals surface area (Å²) in [5.74, 6) is -0.412. The molecule has 2 N–H and O–H groups in total. The van der Waals surface area contributed by atoms with E-state index in [2.05, 4.69) is 10.0 Å². The Morgan fingerprint density at radius 3 is 2.42 bits per heavy atom. The summed E-state index contributed by atoms with van der Waals surface area (Å²) >= 11 is 0. The van der Waals surface area contributed by atoms with Crippen molar-refractivity contribution in [2.75, 3.05) is 7.05 Å². The van der Waals surface area contributed by atoms with Crippen molar-refractivity contribution in [3.8, 4) is 6.07 Å². The molecule has 6 nitrogen and oxygen atoms in total. The molecule has 0 heterocycles. The van der Waals surface area contributed by atoms with Crippen molar-refractivity contribution >= 4 is 15.9 Å². The van der Waals surface area contributed by atoms with E-state index in [-0.39, 0.29) is 11.3 Å². The Balaban J connectivity index is 2.89. The fourth-order valence-electron chi connectivity index (χ4n) is 1.45. The summed E-state index contributed by atoms with van der Waals surface area (Å²) in [7, 11) is -2.31. The molecular formula is C12H15N3O3S. The molecule has 1 aromatic carbocycles. The fourth-order valence-corrected chi connectivity index (χ4v) is 2.65. The lowest BCUT2D eigenvalue weighted by atomic mass is 10.2. The van der Waals surface area contributed by atoms with Crippen LogP contribution in [0.5, 0.6) is 0 Å². The number of sulfonamides is 1. The number of nitrogens with zero attached hydrogens (tertiary/aromatic N) is 1. The first-order valence-electron chi connectivity index (χ1n) is 5.60. The van der Waals surface area contributed by atoms with E-state index in [1.165, 1.54) is 26.1 Å². The van der Waals surface area contributed by atoms with E-state index >= 15 is 0 Å². The predicted octanol–water partition coefficient (Wildman–Crippen LogP) is 0.165. The lowest BCUT2D eigenvalue weighted by molar-refractivity contribution is -0.121. The van der Waals surface area contributed by atoms with Gasteiger partial charge in [-0.15, -0.1) is 0 Å². The zero-order valence-corrected chi connectivity index (χ0v) is 11.5. The number of likely N-dealkylation sites (N-methyl/N-ethyl adjacent to an activating group) is 1. The summed E-state index contributed by atoms with van der Waals surface area (Å²) in [4.78, 5) is 11.3. The molecule has 102 valence electrons. The van der Waals surface area contributed by atoms with Crippen molar-refractivity contribution < 1.29 is 13.2 Å². The number of nitriles is 1. The van der Waals surface area contributed by atoms with Gasteiger partial charge in [-0.2, -0.15) is 9.98 Å². The lowest BCUT2D eigenvalue weighted by Gasteiger charge is -2.12. The Labute approximate surface area is 112 Å². The van der Waals surface area contributed by atoms with Gasteiger partial charge in [0.2, 0.25) is 15.9 Å². The number of benzene rings is 1. The van der Waals surface area contributed by atoms with Crippen LogP contribution in [0, 0.1) is 11.3 Å². The Kier molecular flexibility index (Phi) is 5.03. The van der Waals surface area contributed by atoms with Crippen molar-refractivity contribution in [1.29, 1.82) is 5.26 Å². The van der Waals surface area contributed by atoms with Crippen LogP contribution in [0.4, 0.5) is 0 Å². The van der Waals surface area contributed by atoms with Crippen LogP contribution in [-0.2, 0) is 21.2 Å². The van der Waals surface area contributed by atoms with Gasteiger partial charge in [0.15, 0.2) is 0 Å². The first kappa shape index (κ1) is 15.1. The number of amides is 1. The molecule has 1 unspecified atom stereocenters. The molecule has 0 aliphatic rings. The Morgan fingerprint density at radius 1 is 1.37 bits per heavy atom. The average molecular weight is 281 g/mol. The first-order chi connectivity index (χ1) is 8.90. The van der Waals surface area contributed by atoms with Crippen molar-refractivity contribution in [3.05, 3.63) is 29.8 Å². The van der Waals surface area contributed by atoms with E-state index < -0.39 is 22.0 Å². The third kappa shape index (κ3) is 4.05. The highest BCUT2D eigenvalue weighted by molar-refractivity contribution is 7.89. The minimum atomic E-state index is -3.74. The summed E-state index contributed by atoms with van der Waals surface area (Å²) < 4.78 is 26.2. The molecule has 0 fully saturated rings. The molecule has 1 rings (SSSR count). The standard InChI is InChI=1S/C12H15N3O3S/c1-9(12(16)14-2)15-19(17,18)11-5-3-10(4-6-11)7-8-13/h3-6,9,15H,7H2,1-2H3,(H,14,16). The number of hydrogen-bond acceptors (Lipinski definition) is 4. The monoisotopic (exact) mass is 281 g/mol. The molecule has 0 saturated heterocycles. The summed E-state index contributed by atoms with van der Waals surface area (Å²) in [6, 6.07) is 7.09. The first-order valence-corrected chi connectivity index (χ1v) is 7.09. The van der Waals surface area contributed by atoms with Gasteiger partial charge in [0, 0.05) is 7.05 Å². The van der Waals surface area contributed by atoms with E-state index in [9.17, 15) is 13.2 Å². The molecule has 1 amide bonds. The fraction of sp³-hybridized carbons (Fsp3) is 0.333. The summed E-state index contributed by atoms with van der Waals surface area (Å²) in [5.41, 5.74) is 0.737. The smallest absolute Gasteiger partial charge is 0.241 e. The zero-order chi connectivity index (χ0) is 14.5. The van der Waals surface area contributed by atoms with Crippen molar-refractivity contribution in [3.63, 3.8) is 0 Å². The van der Waals surface area contributed by atoms with Gasteiger partial charge in [0.25, 0.3) is 0 Å². The van der Waals surface area contributed by atoms with Gasteiger partial charge < -0.3 is 5.32 Å². The maximum absolute atomic E-state index is 12.0. The van der Waals surface area contributed by atoms with Gasteiger partial charge >= 0.3 is 0 Å². The van der Waals surface area contributed by atoms with Gasteiger partial charge in [-0.05, 0) is 24.6 Å². The summed E-state index contributed by atoms with van der Waals surface area (Å²) in [6.07, 6.45) is 0.225. The number of rotatable bonds is 5. The van der Waals surface area contributed by atoms with Gasteiger partial charge in [-0.3, -0.25) is 4.79 Å². The van der Waals surface area contributed by atoms with E-state index in [1.54, 1.807) is 12.1 Å². The second-order valence-electron chi connectivity index (χ2n) is 3.94. The third-order valence-electron chi connectivity index (χ3n) is 2.49. The highest BCUT2D eigenvalue weighted by atomic mass is 32.2. The molecule has 1 aromatic rings. The number of carbonyl (C=O) groups excluding carboxylic acids is 1. The summed E-state index contributed by atoms with van der Waals surface area (Å²) in [5, 5.41) is 10.9. The second-order valence-corrected chi connectivity index (χ2v) is 5.65. The molecular weight excluding hydrogens is 266 g/mol. The molecule has 0 bridgehead atoms. The van der Waals surface area contributed by atoms with E-state index in [1.807, 2.05) is 6.07 Å². The molecule has 0 spiro atoms. The van der Waals surface area contributed by atoms with E-state index in [0.29, 0.717) is 0 Å². The van der Waals surface area contributed by atoms with Crippen LogP contribution in [0.15, 0.2) is 29.2 Å². The normalized spacial score (nSPS) is 12.5. The third-order valence-corrected chi connectivity index (χ3v) is 4.05. The lowest BCUT2D eigenvalue weighted by Crippen LogP contribution is -2.43. The zero-order valence-electron chi connectivity index (χ0n) is 10.7. The van der Waals surface area contributed by atoms with Gasteiger partial charge in [-0.25, -0.2) is 8.42 Å². The highest BCUT2D eigenvalue weighted by Crippen LogP contribution is 2.11. The number of carbonyl (C=O) groups is 1.